The molecule has 2 rings (SSSR count). The van der Waals surface area contributed by atoms with E-state index >= 15 is 0 Å². The third-order valence-electron chi connectivity index (χ3n) is 2.55. The smallest absolute Gasteiger partial charge is 0.323 e. The Kier molecular flexibility index (Phi) is 5.35. The maximum atomic E-state index is 5.57. The summed E-state index contributed by atoms with van der Waals surface area (Å²) in [7, 11) is 3.72. The Bertz CT molecular complexity index is 604. The van der Waals surface area contributed by atoms with Crippen LogP contribution in [0.4, 0.5) is 11.9 Å². The maximum absolute atomic E-state index is 5.57. The molecule has 0 saturated heterocycles. The first-order chi connectivity index (χ1) is 9.97. The highest BCUT2D eigenvalue weighted by Gasteiger charge is 2.12. The number of anilines is 2. The zero-order chi connectivity index (χ0) is 15.4. The number of nitrogens with one attached hydrogen (secondary N) is 1. The van der Waals surface area contributed by atoms with Gasteiger partial charge in [-0.15, -0.1) is 11.3 Å². The molecule has 0 bridgehead atoms. The lowest BCUT2D eigenvalue weighted by Crippen LogP contribution is -2.21. The fourth-order valence-corrected chi connectivity index (χ4v) is 2.87. The molecule has 0 aromatic carbocycles. The summed E-state index contributed by atoms with van der Waals surface area (Å²) >= 11 is 5.13. The van der Waals surface area contributed by atoms with Gasteiger partial charge < -0.3 is 15.0 Å². The van der Waals surface area contributed by atoms with Crippen LogP contribution in [-0.2, 0) is 6.54 Å². The highest BCUT2D eigenvalue weighted by molar-refractivity contribution is 9.11. The van der Waals surface area contributed by atoms with Crippen molar-refractivity contribution in [2.45, 2.75) is 26.5 Å². The molecule has 2 aromatic heterocycles. The van der Waals surface area contributed by atoms with Crippen molar-refractivity contribution in [3.63, 3.8) is 0 Å². The van der Waals surface area contributed by atoms with E-state index in [1.807, 2.05) is 25.8 Å². The highest BCUT2D eigenvalue weighted by Crippen LogP contribution is 2.23. The molecule has 0 radical (unpaired) electrons. The quantitative estimate of drug-likeness (QED) is 0.841. The van der Waals surface area contributed by atoms with Crippen molar-refractivity contribution in [3.8, 4) is 6.01 Å². The van der Waals surface area contributed by atoms with Gasteiger partial charge >= 0.3 is 6.01 Å². The van der Waals surface area contributed by atoms with E-state index < -0.39 is 0 Å². The molecule has 2 heterocycles. The van der Waals surface area contributed by atoms with E-state index in [0.29, 0.717) is 17.9 Å². The molecule has 0 fully saturated rings. The third kappa shape index (κ3) is 4.53. The second kappa shape index (κ2) is 7.04. The Morgan fingerprint density at radius 1 is 1.38 bits per heavy atom. The zero-order valence-electron chi connectivity index (χ0n) is 12.4. The Balaban J connectivity index is 2.20. The first-order valence-electron chi connectivity index (χ1n) is 6.52. The van der Waals surface area contributed by atoms with Crippen LogP contribution in [0.1, 0.15) is 19.4 Å². The van der Waals surface area contributed by atoms with Crippen LogP contribution in [0.5, 0.6) is 6.01 Å². The van der Waals surface area contributed by atoms with Crippen LogP contribution in [0.25, 0.3) is 0 Å². The molecule has 0 spiro atoms. The average Bonchev–Trinajstić information content (AvgIpc) is 2.82. The minimum atomic E-state index is 0.0168. The standard InChI is InChI=1S/C13H18BrN5OS/c1-8(2)20-13-17-11(15-3)16-12(18-13)19(4)6-9-5-10(14)21-7-9/h5,7-8H,6H2,1-4H3,(H,15,16,17,18). The minimum Gasteiger partial charge on any atom is -0.461 e. The van der Waals surface area contributed by atoms with Gasteiger partial charge in [-0.1, -0.05) is 0 Å². The second-order valence-corrected chi connectivity index (χ2v) is 7.06. The van der Waals surface area contributed by atoms with E-state index in [1.165, 1.54) is 5.56 Å². The molecule has 0 unspecified atom stereocenters. The van der Waals surface area contributed by atoms with E-state index in [1.54, 1.807) is 18.4 Å². The van der Waals surface area contributed by atoms with Crippen LogP contribution in [0, 0.1) is 0 Å². The average molecular weight is 372 g/mol. The van der Waals surface area contributed by atoms with Gasteiger partial charge in [-0.05, 0) is 46.8 Å². The van der Waals surface area contributed by atoms with Crippen LogP contribution in [0.15, 0.2) is 15.2 Å². The number of ether oxygens (including phenoxy) is 1. The molecule has 21 heavy (non-hydrogen) atoms. The van der Waals surface area contributed by atoms with Crippen LogP contribution >= 0.6 is 27.3 Å². The van der Waals surface area contributed by atoms with Crippen molar-refractivity contribution in [1.82, 2.24) is 15.0 Å². The van der Waals surface area contributed by atoms with E-state index in [0.717, 1.165) is 10.3 Å². The zero-order valence-corrected chi connectivity index (χ0v) is 14.8. The van der Waals surface area contributed by atoms with Gasteiger partial charge in [0.15, 0.2) is 0 Å². The van der Waals surface area contributed by atoms with Gasteiger partial charge in [0.2, 0.25) is 11.9 Å². The van der Waals surface area contributed by atoms with Crippen molar-refractivity contribution >= 4 is 39.2 Å². The third-order valence-corrected chi connectivity index (χ3v) is 4.10. The summed E-state index contributed by atoms with van der Waals surface area (Å²) in [5.41, 5.74) is 1.20. The molecule has 0 aliphatic rings. The number of halogens is 1. The summed E-state index contributed by atoms with van der Waals surface area (Å²) in [5.74, 6) is 1.07. The SMILES string of the molecule is CNc1nc(OC(C)C)nc(N(C)Cc2csc(Br)c2)n1. The molecule has 6 nitrogen and oxygen atoms in total. The number of hydrogen-bond acceptors (Lipinski definition) is 7. The molecule has 0 saturated carbocycles. The molecule has 0 atom stereocenters. The summed E-state index contributed by atoms with van der Waals surface area (Å²) < 4.78 is 6.68. The molecule has 2 aromatic rings. The lowest BCUT2D eigenvalue weighted by Gasteiger charge is -2.18. The highest BCUT2D eigenvalue weighted by atomic mass is 79.9. The maximum Gasteiger partial charge on any atom is 0.323 e. The van der Waals surface area contributed by atoms with Crippen LogP contribution in [0.2, 0.25) is 0 Å². The Morgan fingerprint density at radius 2 is 2.14 bits per heavy atom. The Hall–Kier alpha value is -1.41. The number of aromatic nitrogens is 3. The normalized spacial score (nSPS) is 10.8. The molecule has 0 aliphatic carbocycles. The van der Waals surface area contributed by atoms with Crippen LogP contribution in [0.3, 0.4) is 0 Å². The first kappa shape index (κ1) is 16.0. The topological polar surface area (TPSA) is 63.2 Å². The molecule has 1 N–H and O–H groups in total. The van der Waals surface area contributed by atoms with Crippen molar-refractivity contribution in [2.24, 2.45) is 0 Å². The summed E-state index contributed by atoms with van der Waals surface area (Å²) in [6.07, 6.45) is 0.0168. The van der Waals surface area contributed by atoms with Gasteiger partial charge in [0.05, 0.1) is 9.89 Å². The predicted octanol–water partition coefficient (Wildman–Crippen LogP) is 3.16. The Morgan fingerprint density at radius 3 is 2.71 bits per heavy atom. The fourth-order valence-electron chi connectivity index (χ4n) is 1.67. The molecule has 0 aliphatic heterocycles. The lowest BCUT2D eigenvalue weighted by atomic mass is 10.3. The van der Waals surface area contributed by atoms with Gasteiger partial charge in [-0.25, -0.2) is 0 Å². The van der Waals surface area contributed by atoms with E-state index in [9.17, 15) is 0 Å². The number of nitrogens with zero attached hydrogens (tertiary/aromatic N) is 4. The molecule has 0 amide bonds. The summed E-state index contributed by atoms with van der Waals surface area (Å²) in [6.45, 7) is 4.60. The summed E-state index contributed by atoms with van der Waals surface area (Å²) in [4.78, 5) is 14.9. The second-order valence-electron chi connectivity index (χ2n) is 4.77. The predicted molar refractivity (Wildman–Crippen MR) is 89.3 cm³/mol. The lowest BCUT2D eigenvalue weighted by molar-refractivity contribution is 0.222. The van der Waals surface area contributed by atoms with Crippen molar-refractivity contribution in [1.29, 1.82) is 0 Å². The monoisotopic (exact) mass is 371 g/mol. The van der Waals surface area contributed by atoms with Crippen LogP contribution in [-0.4, -0.2) is 35.2 Å². The van der Waals surface area contributed by atoms with Gasteiger partial charge in [0.25, 0.3) is 0 Å². The molecule has 8 heteroatoms. The van der Waals surface area contributed by atoms with E-state index in [-0.39, 0.29) is 6.10 Å². The number of hydrogen-bond donors (Lipinski definition) is 1. The van der Waals surface area contributed by atoms with Gasteiger partial charge in [-0.3, -0.25) is 0 Å². The summed E-state index contributed by atoms with van der Waals surface area (Å²) in [5, 5.41) is 5.03. The molecular weight excluding hydrogens is 354 g/mol. The first-order valence-corrected chi connectivity index (χ1v) is 8.19. The largest absolute Gasteiger partial charge is 0.461 e. The number of rotatable bonds is 6. The minimum absolute atomic E-state index is 0.0168. The number of thiophene rings is 1. The van der Waals surface area contributed by atoms with E-state index in [2.05, 4.69) is 47.6 Å². The van der Waals surface area contributed by atoms with Crippen molar-refractivity contribution in [3.05, 3.63) is 20.8 Å². The van der Waals surface area contributed by atoms with Gasteiger partial charge in [0.1, 0.15) is 0 Å². The van der Waals surface area contributed by atoms with Crippen molar-refractivity contribution < 1.29 is 4.74 Å². The van der Waals surface area contributed by atoms with Gasteiger partial charge in [-0.2, -0.15) is 15.0 Å². The Labute approximate surface area is 136 Å². The molecule has 114 valence electrons. The van der Waals surface area contributed by atoms with Gasteiger partial charge in [0, 0.05) is 20.6 Å². The fraction of sp³-hybridized carbons (Fsp3) is 0.462. The van der Waals surface area contributed by atoms with Crippen molar-refractivity contribution in [2.75, 3.05) is 24.3 Å². The van der Waals surface area contributed by atoms with Crippen LogP contribution < -0.4 is 15.0 Å². The molecular formula is C13H18BrN5OS. The summed E-state index contributed by atoms with van der Waals surface area (Å²) in [6, 6.07) is 2.42. The van der Waals surface area contributed by atoms with E-state index in [4.69, 9.17) is 4.74 Å².